The zero-order chi connectivity index (χ0) is 23.6. The summed E-state index contributed by atoms with van der Waals surface area (Å²) in [7, 11) is 0. The maximum Gasteiger partial charge on any atom is 0.417 e. The molecule has 4 heterocycles. The van der Waals surface area contributed by atoms with Gasteiger partial charge in [0.05, 0.1) is 17.7 Å². The number of hydrogen-bond acceptors (Lipinski definition) is 6. The number of rotatable bonds is 4. The molecule has 33 heavy (non-hydrogen) atoms. The Labute approximate surface area is 186 Å². The van der Waals surface area contributed by atoms with Crippen molar-refractivity contribution >= 4 is 5.91 Å². The van der Waals surface area contributed by atoms with Crippen molar-refractivity contribution in [3.8, 4) is 17.3 Å². The van der Waals surface area contributed by atoms with Crippen LogP contribution in [-0.4, -0.2) is 49.9 Å². The normalized spacial score (nSPS) is 16.5. The van der Waals surface area contributed by atoms with Crippen LogP contribution < -0.4 is 4.74 Å². The summed E-state index contributed by atoms with van der Waals surface area (Å²) in [5.74, 6) is -1.75. The van der Waals surface area contributed by atoms with Crippen molar-refractivity contribution in [2.24, 2.45) is 0 Å². The first kappa shape index (κ1) is 22.6. The minimum absolute atomic E-state index is 0.103. The molecule has 1 amide bonds. The van der Waals surface area contributed by atoms with Gasteiger partial charge in [-0.25, -0.2) is 19.3 Å². The fraction of sp³-hybridized carbons (Fsp3) is 0.318. The van der Waals surface area contributed by atoms with Gasteiger partial charge in [-0.05, 0) is 43.5 Å². The molecule has 0 spiro atoms. The molecule has 1 unspecified atom stereocenters. The molecule has 7 nitrogen and oxygen atoms in total. The summed E-state index contributed by atoms with van der Waals surface area (Å²) in [6.07, 6.45) is 0.921. The number of pyridine rings is 2. The number of halogens is 4. The van der Waals surface area contributed by atoms with E-state index in [2.05, 4.69) is 19.9 Å². The lowest BCUT2D eigenvalue weighted by Gasteiger charge is -2.32. The highest BCUT2D eigenvalue weighted by Crippen LogP contribution is 2.31. The molecule has 1 fully saturated rings. The number of nitrogens with zero attached hydrogens (tertiary/aromatic N) is 5. The Bertz CT molecular complexity index is 1160. The number of aryl methyl sites for hydroxylation is 1. The van der Waals surface area contributed by atoms with Gasteiger partial charge in [-0.1, -0.05) is 0 Å². The number of carbonyl (C=O) groups is 1. The standard InChI is InChI=1S/C22H19F4N5O2/c1-13-8-16(19-27-5-3-6-28-19)18(29-10-13)21(32)31-7-2-4-15(12-31)33-20-17(23)9-14(11-30-20)22(24,25)26/h3,5-6,8-11,15H,2,4,7,12H2,1H3. The summed E-state index contributed by atoms with van der Waals surface area (Å²) in [6.45, 7) is 2.36. The van der Waals surface area contributed by atoms with E-state index in [9.17, 15) is 22.4 Å². The molecule has 1 atom stereocenters. The second-order valence-electron chi connectivity index (χ2n) is 7.62. The molecule has 0 bridgehead atoms. The molecule has 1 saturated heterocycles. The smallest absolute Gasteiger partial charge is 0.417 e. The molecular formula is C22H19F4N5O2. The summed E-state index contributed by atoms with van der Waals surface area (Å²) in [4.78, 5) is 31.0. The number of likely N-dealkylation sites (tertiary alicyclic amines) is 1. The Kier molecular flexibility index (Phi) is 6.21. The van der Waals surface area contributed by atoms with E-state index in [4.69, 9.17) is 4.74 Å². The van der Waals surface area contributed by atoms with Crippen LogP contribution in [0.4, 0.5) is 17.6 Å². The maximum atomic E-state index is 14.1. The highest BCUT2D eigenvalue weighted by atomic mass is 19.4. The number of ether oxygens (including phenoxy) is 1. The predicted octanol–water partition coefficient (Wildman–Crippen LogP) is 4.08. The van der Waals surface area contributed by atoms with Crippen LogP contribution in [0.2, 0.25) is 0 Å². The van der Waals surface area contributed by atoms with Gasteiger partial charge < -0.3 is 9.64 Å². The molecule has 0 aliphatic carbocycles. The van der Waals surface area contributed by atoms with Gasteiger partial charge in [0, 0.05) is 31.3 Å². The number of hydrogen-bond donors (Lipinski definition) is 0. The van der Waals surface area contributed by atoms with Gasteiger partial charge in [0.1, 0.15) is 11.8 Å². The summed E-state index contributed by atoms with van der Waals surface area (Å²) < 4.78 is 57.9. The predicted molar refractivity (Wildman–Crippen MR) is 109 cm³/mol. The first-order chi connectivity index (χ1) is 15.7. The number of carbonyl (C=O) groups excluding carboxylic acids is 1. The monoisotopic (exact) mass is 461 g/mol. The molecule has 0 saturated carbocycles. The Morgan fingerprint density at radius 3 is 2.58 bits per heavy atom. The van der Waals surface area contributed by atoms with Crippen LogP contribution in [0.15, 0.2) is 43.0 Å². The van der Waals surface area contributed by atoms with Crippen molar-refractivity contribution < 1.29 is 27.1 Å². The van der Waals surface area contributed by atoms with E-state index in [-0.39, 0.29) is 18.1 Å². The number of amides is 1. The van der Waals surface area contributed by atoms with Gasteiger partial charge in [0.25, 0.3) is 11.8 Å². The average molecular weight is 461 g/mol. The molecule has 1 aliphatic rings. The van der Waals surface area contributed by atoms with Crippen molar-refractivity contribution in [1.82, 2.24) is 24.8 Å². The van der Waals surface area contributed by atoms with Crippen LogP contribution in [0.1, 0.15) is 34.5 Å². The second-order valence-corrected chi connectivity index (χ2v) is 7.62. The zero-order valence-electron chi connectivity index (χ0n) is 17.5. The SMILES string of the molecule is Cc1cnc(C(=O)N2CCCC(Oc3ncc(C(F)(F)F)cc3F)C2)c(-c2ncccn2)c1. The Hall–Kier alpha value is -3.63. The van der Waals surface area contributed by atoms with Gasteiger partial charge in [-0.3, -0.25) is 9.78 Å². The Morgan fingerprint density at radius 2 is 1.88 bits per heavy atom. The van der Waals surface area contributed by atoms with Crippen molar-refractivity contribution in [2.75, 3.05) is 13.1 Å². The minimum atomic E-state index is -4.71. The van der Waals surface area contributed by atoms with Gasteiger partial charge in [-0.2, -0.15) is 13.2 Å². The molecule has 0 radical (unpaired) electrons. The molecule has 172 valence electrons. The summed E-state index contributed by atoms with van der Waals surface area (Å²) in [6, 6.07) is 3.78. The quantitative estimate of drug-likeness (QED) is 0.545. The highest BCUT2D eigenvalue weighted by molar-refractivity contribution is 5.98. The lowest BCUT2D eigenvalue weighted by molar-refractivity contribution is -0.138. The molecule has 3 aromatic rings. The lowest BCUT2D eigenvalue weighted by atomic mass is 10.1. The van der Waals surface area contributed by atoms with Crippen molar-refractivity contribution in [2.45, 2.75) is 32.0 Å². The zero-order valence-corrected chi connectivity index (χ0v) is 17.5. The van der Waals surface area contributed by atoms with E-state index in [0.717, 1.165) is 5.56 Å². The summed E-state index contributed by atoms with van der Waals surface area (Å²) in [5.41, 5.74) is 0.289. The van der Waals surface area contributed by atoms with Gasteiger partial charge in [0.15, 0.2) is 11.6 Å². The molecule has 0 aromatic carbocycles. The summed E-state index contributed by atoms with van der Waals surface area (Å²) in [5, 5.41) is 0. The molecule has 1 aliphatic heterocycles. The van der Waals surface area contributed by atoms with Crippen LogP contribution in [-0.2, 0) is 6.18 Å². The van der Waals surface area contributed by atoms with Gasteiger partial charge in [-0.15, -0.1) is 0 Å². The fourth-order valence-electron chi connectivity index (χ4n) is 3.54. The van der Waals surface area contributed by atoms with Crippen LogP contribution in [0.5, 0.6) is 5.88 Å². The van der Waals surface area contributed by atoms with E-state index in [1.165, 1.54) is 4.90 Å². The number of alkyl halides is 3. The van der Waals surface area contributed by atoms with Gasteiger partial charge >= 0.3 is 6.18 Å². The third kappa shape index (κ3) is 5.07. The summed E-state index contributed by atoms with van der Waals surface area (Å²) >= 11 is 0. The Balaban J connectivity index is 1.52. The number of piperidine rings is 1. The topological polar surface area (TPSA) is 81.1 Å². The van der Waals surface area contributed by atoms with E-state index in [1.807, 2.05) is 6.92 Å². The van der Waals surface area contributed by atoms with E-state index < -0.39 is 29.5 Å². The first-order valence-corrected chi connectivity index (χ1v) is 10.1. The van der Waals surface area contributed by atoms with E-state index in [0.29, 0.717) is 43.0 Å². The molecule has 0 N–H and O–H groups in total. The van der Waals surface area contributed by atoms with Crippen molar-refractivity contribution in [3.63, 3.8) is 0 Å². The fourth-order valence-corrected chi connectivity index (χ4v) is 3.54. The van der Waals surface area contributed by atoms with Crippen molar-refractivity contribution in [3.05, 3.63) is 65.6 Å². The maximum absolute atomic E-state index is 14.1. The number of aromatic nitrogens is 4. The van der Waals surface area contributed by atoms with E-state index in [1.54, 1.807) is 30.7 Å². The van der Waals surface area contributed by atoms with E-state index >= 15 is 0 Å². The van der Waals surface area contributed by atoms with Crippen LogP contribution >= 0.6 is 0 Å². The highest BCUT2D eigenvalue weighted by Gasteiger charge is 2.33. The molecule has 4 rings (SSSR count). The van der Waals surface area contributed by atoms with Crippen molar-refractivity contribution in [1.29, 1.82) is 0 Å². The largest absolute Gasteiger partial charge is 0.470 e. The van der Waals surface area contributed by atoms with Gasteiger partial charge in [0.2, 0.25) is 0 Å². The molecular weight excluding hydrogens is 442 g/mol. The van der Waals surface area contributed by atoms with Crippen LogP contribution in [0, 0.1) is 12.7 Å². The minimum Gasteiger partial charge on any atom is -0.470 e. The van der Waals surface area contributed by atoms with Crippen LogP contribution in [0.3, 0.4) is 0 Å². The third-order valence-corrected chi connectivity index (χ3v) is 5.11. The second kappa shape index (κ2) is 9.08. The lowest BCUT2D eigenvalue weighted by Crippen LogP contribution is -2.45. The molecule has 3 aromatic heterocycles. The average Bonchev–Trinajstić information content (AvgIpc) is 2.80. The van der Waals surface area contributed by atoms with Crippen LogP contribution in [0.25, 0.3) is 11.4 Å². The molecule has 11 heteroatoms. The third-order valence-electron chi connectivity index (χ3n) is 5.11. The Morgan fingerprint density at radius 1 is 1.12 bits per heavy atom. The first-order valence-electron chi connectivity index (χ1n) is 10.1.